The van der Waals surface area contributed by atoms with E-state index in [0.717, 1.165) is 0 Å². The van der Waals surface area contributed by atoms with Crippen LogP contribution in [-0.4, -0.2) is 41.6 Å². The van der Waals surface area contributed by atoms with Crippen molar-refractivity contribution in [1.82, 2.24) is 10.2 Å². The number of carbonyl (C=O) groups excluding carboxylic acids is 2. The lowest BCUT2D eigenvalue weighted by Crippen LogP contribution is -2.52. The number of ether oxygens (including phenoxy) is 1. The minimum Gasteiger partial charge on any atom is -0.444 e. The fourth-order valence-electron chi connectivity index (χ4n) is 1.87. The Morgan fingerprint density at radius 1 is 1.29 bits per heavy atom. The molecule has 21 heavy (non-hydrogen) atoms. The summed E-state index contributed by atoms with van der Waals surface area (Å²) in [7, 11) is 1.72. The van der Waals surface area contributed by atoms with Crippen LogP contribution in [0, 0.1) is 0 Å². The molecule has 1 rings (SSSR count). The fourth-order valence-corrected chi connectivity index (χ4v) is 2.59. The Bertz CT molecular complexity index is 490. The van der Waals surface area contributed by atoms with Gasteiger partial charge in [-0.3, -0.25) is 4.79 Å². The summed E-state index contributed by atoms with van der Waals surface area (Å²) in [5.41, 5.74) is -1.12. The van der Waals surface area contributed by atoms with Crippen LogP contribution >= 0.6 is 11.3 Å². The topological polar surface area (TPSA) is 58.6 Å². The number of rotatable bonds is 4. The van der Waals surface area contributed by atoms with E-state index in [1.807, 2.05) is 46.1 Å². The summed E-state index contributed by atoms with van der Waals surface area (Å²) in [6.07, 6.45) is -0.482. The van der Waals surface area contributed by atoms with Crippen molar-refractivity contribution in [2.45, 2.75) is 45.8 Å². The number of thiophene rings is 1. The van der Waals surface area contributed by atoms with Crippen LogP contribution in [0.5, 0.6) is 0 Å². The molecule has 1 aromatic rings. The van der Waals surface area contributed by atoms with Crippen LogP contribution in [0.3, 0.4) is 0 Å². The molecule has 5 nitrogen and oxygen atoms in total. The third-order valence-electron chi connectivity index (χ3n) is 2.55. The third-order valence-corrected chi connectivity index (χ3v) is 3.41. The van der Waals surface area contributed by atoms with E-state index in [1.165, 1.54) is 11.3 Å². The van der Waals surface area contributed by atoms with Crippen molar-refractivity contribution in [2.75, 3.05) is 13.6 Å². The maximum atomic E-state index is 12.2. The van der Waals surface area contributed by atoms with E-state index < -0.39 is 17.2 Å². The maximum Gasteiger partial charge on any atom is 0.408 e. The molecule has 0 aliphatic heterocycles. The van der Waals surface area contributed by atoms with Gasteiger partial charge in [0.25, 0.3) is 5.91 Å². The molecule has 0 unspecified atom stereocenters. The molecule has 118 valence electrons. The molecule has 6 heteroatoms. The van der Waals surface area contributed by atoms with Crippen LogP contribution in [0.1, 0.15) is 44.3 Å². The van der Waals surface area contributed by atoms with Gasteiger partial charge >= 0.3 is 6.09 Å². The lowest BCUT2D eigenvalue weighted by molar-refractivity contribution is 0.0442. The van der Waals surface area contributed by atoms with Gasteiger partial charge < -0.3 is 15.0 Å². The second-order valence-electron chi connectivity index (χ2n) is 6.65. The third kappa shape index (κ3) is 6.16. The monoisotopic (exact) mass is 312 g/mol. The van der Waals surface area contributed by atoms with Crippen LogP contribution in [0.2, 0.25) is 0 Å². The first-order valence-corrected chi connectivity index (χ1v) is 7.68. The van der Waals surface area contributed by atoms with Gasteiger partial charge in [0.1, 0.15) is 5.60 Å². The lowest BCUT2D eigenvalue weighted by Gasteiger charge is -2.32. The van der Waals surface area contributed by atoms with Crippen molar-refractivity contribution >= 4 is 23.3 Å². The van der Waals surface area contributed by atoms with Gasteiger partial charge in [-0.25, -0.2) is 4.79 Å². The molecular weight excluding hydrogens is 288 g/mol. The second-order valence-corrected chi connectivity index (χ2v) is 7.60. The Morgan fingerprint density at radius 3 is 2.38 bits per heavy atom. The van der Waals surface area contributed by atoms with E-state index in [-0.39, 0.29) is 5.91 Å². The van der Waals surface area contributed by atoms with Gasteiger partial charge in [0.05, 0.1) is 10.4 Å². The van der Waals surface area contributed by atoms with E-state index in [2.05, 4.69) is 5.32 Å². The summed E-state index contributed by atoms with van der Waals surface area (Å²) < 4.78 is 5.24. The zero-order valence-corrected chi connectivity index (χ0v) is 14.3. The van der Waals surface area contributed by atoms with Crippen molar-refractivity contribution in [3.63, 3.8) is 0 Å². The maximum absolute atomic E-state index is 12.2. The van der Waals surface area contributed by atoms with Crippen LogP contribution < -0.4 is 5.32 Å². The number of carbonyl (C=O) groups is 2. The molecule has 0 fully saturated rings. The Balaban J connectivity index is 2.59. The van der Waals surface area contributed by atoms with Crippen molar-refractivity contribution in [3.8, 4) is 0 Å². The predicted molar refractivity (Wildman–Crippen MR) is 84.7 cm³/mol. The number of alkyl carbamates (subject to hydrolysis) is 1. The molecule has 1 heterocycles. The molecular formula is C15H24N2O3S. The molecule has 0 spiro atoms. The molecule has 2 amide bonds. The number of likely N-dealkylation sites (N-methyl/N-ethyl adjacent to an activating group) is 1. The van der Waals surface area contributed by atoms with E-state index in [1.54, 1.807) is 18.0 Å². The van der Waals surface area contributed by atoms with Gasteiger partial charge in [-0.05, 0) is 46.1 Å². The Morgan fingerprint density at radius 2 is 1.90 bits per heavy atom. The molecule has 1 N–H and O–H groups in total. The average Bonchev–Trinajstić information content (AvgIpc) is 2.76. The van der Waals surface area contributed by atoms with E-state index in [0.29, 0.717) is 11.4 Å². The summed E-state index contributed by atoms with van der Waals surface area (Å²) in [6.45, 7) is 9.54. The Hall–Kier alpha value is -1.56. The molecule has 0 aliphatic carbocycles. The van der Waals surface area contributed by atoms with Gasteiger partial charge in [0, 0.05) is 13.6 Å². The van der Waals surface area contributed by atoms with Gasteiger partial charge in [-0.1, -0.05) is 6.07 Å². The highest BCUT2D eigenvalue weighted by molar-refractivity contribution is 7.12. The van der Waals surface area contributed by atoms with E-state index in [4.69, 9.17) is 4.74 Å². The highest BCUT2D eigenvalue weighted by Crippen LogP contribution is 2.14. The number of amides is 2. The van der Waals surface area contributed by atoms with Crippen LogP contribution in [0.15, 0.2) is 17.5 Å². The Kier molecular flexibility index (Phi) is 5.39. The van der Waals surface area contributed by atoms with Crippen LogP contribution in [-0.2, 0) is 4.74 Å². The highest BCUT2D eigenvalue weighted by atomic mass is 32.1. The van der Waals surface area contributed by atoms with E-state index >= 15 is 0 Å². The minimum absolute atomic E-state index is 0.0518. The van der Waals surface area contributed by atoms with Gasteiger partial charge in [0.2, 0.25) is 0 Å². The first-order chi connectivity index (χ1) is 9.50. The van der Waals surface area contributed by atoms with Gasteiger partial charge in [-0.2, -0.15) is 0 Å². The molecule has 0 atom stereocenters. The van der Waals surface area contributed by atoms with Crippen molar-refractivity contribution < 1.29 is 14.3 Å². The standard InChI is InChI=1S/C15H24N2O3S/c1-14(2,3)20-13(19)16-15(4,5)10-17(6)12(18)11-8-7-9-21-11/h7-9H,10H2,1-6H3,(H,16,19). The highest BCUT2D eigenvalue weighted by Gasteiger charge is 2.27. The molecule has 0 saturated carbocycles. The molecule has 0 bridgehead atoms. The van der Waals surface area contributed by atoms with Crippen LogP contribution in [0.4, 0.5) is 4.79 Å². The summed E-state index contributed by atoms with van der Waals surface area (Å²) in [5.74, 6) is -0.0518. The van der Waals surface area contributed by atoms with Crippen molar-refractivity contribution in [3.05, 3.63) is 22.4 Å². The first-order valence-electron chi connectivity index (χ1n) is 6.80. The summed E-state index contributed by atoms with van der Waals surface area (Å²) in [4.78, 5) is 26.3. The lowest BCUT2D eigenvalue weighted by atomic mass is 10.1. The van der Waals surface area contributed by atoms with Crippen molar-refractivity contribution in [1.29, 1.82) is 0 Å². The first kappa shape index (κ1) is 17.5. The summed E-state index contributed by atoms with van der Waals surface area (Å²) in [6, 6.07) is 3.63. The van der Waals surface area contributed by atoms with E-state index in [9.17, 15) is 9.59 Å². The zero-order valence-electron chi connectivity index (χ0n) is 13.5. The number of nitrogens with zero attached hydrogens (tertiary/aromatic N) is 1. The number of nitrogens with one attached hydrogen (secondary N) is 1. The number of hydrogen-bond donors (Lipinski definition) is 1. The van der Waals surface area contributed by atoms with Gasteiger partial charge in [-0.15, -0.1) is 11.3 Å². The second kappa shape index (κ2) is 6.47. The average molecular weight is 312 g/mol. The SMILES string of the molecule is CN(CC(C)(C)NC(=O)OC(C)(C)C)C(=O)c1cccs1. The zero-order chi connectivity index (χ0) is 16.3. The summed E-state index contributed by atoms with van der Waals surface area (Å²) in [5, 5.41) is 4.66. The molecule has 0 saturated heterocycles. The minimum atomic E-state index is -0.579. The molecule has 1 aromatic heterocycles. The smallest absolute Gasteiger partial charge is 0.408 e. The normalized spacial score (nSPS) is 11.9. The van der Waals surface area contributed by atoms with Crippen molar-refractivity contribution in [2.24, 2.45) is 0 Å². The quantitative estimate of drug-likeness (QED) is 0.929. The molecule has 0 radical (unpaired) electrons. The Labute approximate surface area is 130 Å². The largest absolute Gasteiger partial charge is 0.444 e. The predicted octanol–water partition coefficient (Wildman–Crippen LogP) is 3.12. The number of hydrogen-bond acceptors (Lipinski definition) is 4. The summed E-state index contributed by atoms with van der Waals surface area (Å²) >= 11 is 1.40. The molecule has 0 aliphatic rings. The van der Waals surface area contributed by atoms with Crippen LogP contribution in [0.25, 0.3) is 0 Å². The fraction of sp³-hybridized carbons (Fsp3) is 0.600. The molecule has 0 aromatic carbocycles. The van der Waals surface area contributed by atoms with Gasteiger partial charge in [0.15, 0.2) is 0 Å².